The second-order valence-corrected chi connectivity index (χ2v) is 6.81. The highest BCUT2D eigenvalue weighted by Crippen LogP contribution is 2.32. The molecule has 1 aromatic rings. The van der Waals surface area contributed by atoms with Crippen molar-refractivity contribution in [3.05, 3.63) is 24.3 Å². The van der Waals surface area contributed by atoms with Crippen LogP contribution in [0.1, 0.15) is 13.3 Å². The molecule has 0 amide bonds. The van der Waals surface area contributed by atoms with Crippen LogP contribution in [0.5, 0.6) is 0 Å². The molecule has 2 unspecified atom stereocenters. The molecule has 2 saturated heterocycles. The third-order valence-corrected chi connectivity index (χ3v) is 5.17. The summed E-state index contributed by atoms with van der Waals surface area (Å²) in [6.07, 6.45) is 1.27. The van der Waals surface area contributed by atoms with Crippen LogP contribution < -0.4 is 10.2 Å². The number of hydrogen-bond acceptors (Lipinski definition) is 4. The molecule has 2 aliphatic rings. The number of nitrogens with one attached hydrogen (secondary N) is 1. The average Bonchev–Trinajstić information content (AvgIpc) is 2.86. The van der Waals surface area contributed by atoms with Gasteiger partial charge in [0.25, 0.3) is 0 Å². The van der Waals surface area contributed by atoms with Gasteiger partial charge in [0.1, 0.15) is 0 Å². The molecule has 0 spiro atoms. The fourth-order valence-electron chi connectivity index (χ4n) is 2.81. The maximum absolute atomic E-state index is 5.44. The van der Waals surface area contributed by atoms with Crippen molar-refractivity contribution in [3.63, 3.8) is 0 Å². The van der Waals surface area contributed by atoms with E-state index in [4.69, 9.17) is 4.74 Å². The third kappa shape index (κ3) is 3.18. The molecule has 104 valence electrons. The summed E-state index contributed by atoms with van der Waals surface area (Å²) in [6.45, 7) is 5.98. The highest BCUT2D eigenvalue weighted by Gasteiger charge is 2.23. The first-order valence-electron chi connectivity index (χ1n) is 7.13. The van der Waals surface area contributed by atoms with Gasteiger partial charge in [-0.2, -0.15) is 11.8 Å². The van der Waals surface area contributed by atoms with E-state index in [1.165, 1.54) is 23.5 Å². The minimum absolute atomic E-state index is 0.613. The fraction of sp³-hybridized carbons (Fsp3) is 0.600. The third-order valence-electron chi connectivity index (χ3n) is 3.81. The second kappa shape index (κ2) is 6.06. The van der Waals surface area contributed by atoms with Crippen LogP contribution in [-0.2, 0) is 4.74 Å². The zero-order valence-electron chi connectivity index (χ0n) is 11.5. The molecule has 1 aromatic carbocycles. The van der Waals surface area contributed by atoms with E-state index in [2.05, 4.69) is 53.2 Å². The Labute approximate surface area is 119 Å². The van der Waals surface area contributed by atoms with E-state index in [1.54, 1.807) is 0 Å². The molecule has 0 aliphatic carbocycles. The molecular formula is C15H22N2OS. The summed E-state index contributed by atoms with van der Waals surface area (Å²) >= 11 is 2.07. The minimum Gasteiger partial charge on any atom is -0.380 e. The summed E-state index contributed by atoms with van der Waals surface area (Å²) < 4.78 is 5.44. The van der Waals surface area contributed by atoms with Crippen molar-refractivity contribution >= 4 is 23.1 Å². The van der Waals surface area contributed by atoms with Gasteiger partial charge < -0.3 is 15.0 Å². The van der Waals surface area contributed by atoms with Gasteiger partial charge in [-0.1, -0.05) is 19.1 Å². The van der Waals surface area contributed by atoms with Gasteiger partial charge in [0.2, 0.25) is 0 Å². The lowest BCUT2D eigenvalue weighted by molar-refractivity contribution is 0.123. The van der Waals surface area contributed by atoms with Crippen LogP contribution in [0.3, 0.4) is 0 Å². The summed E-state index contributed by atoms with van der Waals surface area (Å²) in [5, 5.41) is 4.52. The molecule has 2 aliphatic heterocycles. The predicted molar refractivity (Wildman–Crippen MR) is 83.4 cm³/mol. The molecule has 1 N–H and O–H groups in total. The van der Waals surface area contributed by atoms with Crippen molar-refractivity contribution < 1.29 is 4.74 Å². The fourth-order valence-corrected chi connectivity index (χ4v) is 3.96. The van der Waals surface area contributed by atoms with Crippen LogP contribution in [0, 0.1) is 0 Å². The molecule has 3 rings (SSSR count). The van der Waals surface area contributed by atoms with E-state index in [-0.39, 0.29) is 0 Å². The van der Waals surface area contributed by atoms with Crippen molar-refractivity contribution in [3.8, 4) is 0 Å². The molecule has 19 heavy (non-hydrogen) atoms. The van der Waals surface area contributed by atoms with Gasteiger partial charge >= 0.3 is 0 Å². The SMILES string of the molecule is CC1CC(Nc2ccccc2N2CCOCC2)CS1. The average molecular weight is 278 g/mol. The molecule has 4 heteroatoms. The molecular weight excluding hydrogens is 256 g/mol. The number of ether oxygens (including phenoxy) is 1. The van der Waals surface area contributed by atoms with Crippen molar-refractivity contribution in [2.75, 3.05) is 42.3 Å². The van der Waals surface area contributed by atoms with Gasteiger partial charge in [-0.15, -0.1) is 0 Å². The number of anilines is 2. The van der Waals surface area contributed by atoms with Gasteiger partial charge in [0.15, 0.2) is 0 Å². The van der Waals surface area contributed by atoms with Gasteiger partial charge in [-0.05, 0) is 18.6 Å². The first kappa shape index (κ1) is 13.1. The Morgan fingerprint density at radius 2 is 2.05 bits per heavy atom. The summed E-state index contributed by atoms with van der Waals surface area (Å²) in [5.41, 5.74) is 2.61. The van der Waals surface area contributed by atoms with E-state index in [9.17, 15) is 0 Å². The highest BCUT2D eigenvalue weighted by atomic mass is 32.2. The van der Waals surface area contributed by atoms with Crippen LogP contribution in [-0.4, -0.2) is 43.3 Å². The Kier molecular flexibility index (Phi) is 4.18. The Balaban J connectivity index is 1.73. The standard InChI is InChI=1S/C15H22N2OS/c1-12-10-13(11-19-12)16-14-4-2-3-5-15(14)17-6-8-18-9-7-17/h2-5,12-13,16H,6-11H2,1H3. The normalized spacial score (nSPS) is 27.5. The van der Waals surface area contributed by atoms with Crippen LogP contribution in [0.2, 0.25) is 0 Å². The number of para-hydroxylation sites is 2. The van der Waals surface area contributed by atoms with Crippen LogP contribution in [0.15, 0.2) is 24.3 Å². The zero-order valence-corrected chi connectivity index (χ0v) is 12.3. The largest absolute Gasteiger partial charge is 0.380 e. The summed E-state index contributed by atoms with van der Waals surface area (Å²) in [7, 11) is 0. The maximum Gasteiger partial charge on any atom is 0.0642 e. The number of nitrogens with zero attached hydrogens (tertiary/aromatic N) is 1. The minimum atomic E-state index is 0.613. The number of thioether (sulfide) groups is 1. The zero-order chi connectivity index (χ0) is 13.1. The Morgan fingerprint density at radius 1 is 1.26 bits per heavy atom. The van der Waals surface area contributed by atoms with Crippen LogP contribution in [0.4, 0.5) is 11.4 Å². The molecule has 0 bridgehead atoms. The van der Waals surface area contributed by atoms with Crippen molar-refractivity contribution in [1.29, 1.82) is 0 Å². The van der Waals surface area contributed by atoms with Crippen molar-refractivity contribution in [2.45, 2.75) is 24.6 Å². The lowest BCUT2D eigenvalue weighted by Crippen LogP contribution is -2.37. The molecule has 2 atom stereocenters. The Hall–Kier alpha value is -0.870. The summed E-state index contributed by atoms with van der Waals surface area (Å²) in [5.74, 6) is 1.22. The van der Waals surface area contributed by atoms with Gasteiger partial charge in [-0.3, -0.25) is 0 Å². The topological polar surface area (TPSA) is 24.5 Å². The highest BCUT2D eigenvalue weighted by molar-refractivity contribution is 8.00. The number of morpholine rings is 1. The smallest absolute Gasteiger partial charge is 0.0642 e. The van der Waals surface area contributed by atoms with E-state index in [0.717, 1.165) is 31.6 Å². The lowest BCUT2D eigenvalue weighted by Gasteiger charge is -2.31. The molecule has 0 radical (unpaired) electrons. The molecule has 2 heterocycles. The van der Waals surface area contributed by atoms with E-state index < -0.39 is 0 Å². The number of hydrogen-bond donors (Lipinski definition) is 1. The Bertz CT molecular complexity index is 420. The molecule has 0 aromatic heterocycles. The molecule has 2 fully saturated rings. The van der Waals surface area contributed by atoms with Crippen LogP contribution >= 0.6 is 11.8 Å². The van der Waals surface area contributed by atoms with Gasteiger partial charge in [0, 0.05) is 30.1 Å². The molecule has 0 saturated carbocycles. The van der Waals surface area contributed by atoms with E-state index in [1.807, 2.05) is 0 Å². The second-order valence-electron chi connectivity index (χ2n) is 5.34. The van der Waals surface area contributed by atoms with Crippen LogP contribution in [0.25, 0.3) is 0 Å². The Morgan fingerprint density at radius 3 is 2.79 bits per heavy atom. The van der Waals surface area contributed by atoms with E-state index in [0.29, 0.717) is 6.04 Å². The summed E-state index contributed by atoms with van der Waals surface area (Å²) in [4.78, 5) is 2.43. The first-order valence-corrected chi connectivity index (χ1v) is 8.17. The van der Waals surface area contributed by atoms with Gasteiger partial charge in [-0.25, -0.2) is 0 Å². The number of benzene rings is 1. The monoisotopic (exact) mass is 278 g/mol. The van der Waals surface area contributed by atoms with E-state index >= 15 is 0 Å². The lowest BCUT2D eigenvalue weighted by atomic mass is 10.1. The van der Waals surface area contributed by atoms with Gasteiger partial charge in [0.05, 0.1) is 24.6 Å². The van der Waals surface area contributed by atoms with Crippen molar-refractivity contribution in [2.24, 2.45) is 0 Å². The summed E-state index contributed by atoms with van der Waals surface area (Å²) in [6, 6.07) is 9.29. The predicted octanol–water partition coefficient (Wildman–Crippen LogP) is 2.83. The van der Waals surface area contributed by atoms with Crippen molar-refractivity contribution in [1.82, 2.24) is 0 Å². The molecule has 3 nitrogen and oxygen atoms in total. The maximum atomic E-state index is 5.44. The quantitative estimate of drug-likeness (QED) is 0.919. The first-order chi connectivity index (χ1) is 9.33. The number of rotatable bonds is 3.